The molecule has 0 atom stereocenters. The maximum Gasteiger partial charge on any atom is 3.00 e. The van der Waals surface area contributed by atoms with E-state index in [0.29, 0.717) is 0 Å². The predicted molar refractivity (Wildman–Crippen MR) is 53.6 cm³/mol. The van der Waals surface area contributed by atoms with Gasteiger partial charge in [-0.15, -0.1) is 0 Å². The second-order valence-electron chi connectivity index (χ2n) is 1.03. The first-order valence-corrected chi connectivity index (χ1v) is 4.70. The van der Waals surface area contributed by atoms with Crippen LogP contribution in [-0.2, 0) is 25.6 Å². The molecule has 0 saturated carbocycles. The molecule has 0 spiro atoms. The molecule has 0 bridgehead atoms. The van der Waals surface area contributed by atoms with Gasteiger partial charge in [0, 0.05) is 0 Å². The van der Waals surface area contributed by atoms with E-state index in [0.717, 1.165) is 0 Å². The molecule has 0 fully saturated rings. The molecule has 0 aromatic carbocycles. The van der Waals surface area contributed by atoms with Crippen LogP contribution in [0.4, 0.5) is 0 Å². The van der Waals surface area contributed by atoms with Crippen molar-refractivity contribution in [3.8, 4) is 0 Å². The normalized spacial score (nSPS) is 6.94. The summed E-state index contributed by atoms with van der Waals surface area (Å²) >= 11 is 0. The van der Waals surface area contributed by atoms with Crippen molar-refractivity contribution in [2.75, 3.05) is 0 Å². The van der Waals surface area contributed by atoms with Crippen molar-refractivity contribution < 1.29 is 54.9 Å². The summed E-state index contributed by atoms with van der Waals surface area (Å²) in [5.74, 6) is 0. The standard InChI is InChI=1S/4Al.2H3O4P.3O/c;;;;2*1-5(2,3)4;;;/h;;;;2*(H3,1,2,3,4);;;/q4*+3;;;3*-2. The minimum atomic E-state index is -4.64. The molecule has 0 aliphatic carbocycles. The molecule has 0 saturated heterocycles. The van der Waals surface area contributed by atoms with Crippen molar-refractivity contribution in [1.82, 2.24) is 0 Å². The fraction of sp³-hybridized carbons (Fsp3) is 0. The molecule has 0 unspecified atom stereocenters. The van der Waals surface area contributed by atoms with Crippen LogP contribution in [0.25, 0.3) is 0 Å². The third kappa shape index (κ3) is 966. The smallest absolute Gasteiger partial charge is 2.00 e. The van der Waals surface area contributed by atoms with Gasteiger partial charge in [-0.25, -0.2) is 9.13 Å². The zero-order valence-electron chi connectivity index (χ0n) is 7.93. The summed E-state index contributed by atoms with van der Waals surface area (Å²) in [5.41, 5.74) is 0. The third-order valence-corrected chi connectivity index (χ3v) is 0. The van der Waals surface area contributed by atoms with Crippen LogP contribution in [0.3, 0.4) is 0 Å². The fourth-order valence-electron chi connectivity index (χ4n) is 0. The maximum absolute atomic E-state index is 8.88. The third-order valence-electron chi connectivity index (χ3n) is 0. The molecular weight excluding hydrogens is 346 g/mol. The fourth-order valence-corrected chi connectivity index (χ4v) is 0. The minimum absolute atomic E-state index is 0. The quantitative estimate of drug-likeness (QED) is 0.186. The Morgan fingerprint density at radius 2 is 0.471 bits per heavy atom. The maximum atomic E-state index is 8.88. The molecule has 6 N–H and O–H groups in total. The average Bonchev–Trinajstić information content (AvgIpc) is 1.12. The van der Waals surface area contributed by atoms with E-state index in [1.165, 1.54) is 0 Å². The van der Waals surface area contributed by atoms with Crippen molar-refractivity contribution in [3.63, 3.8) is 0 Å². The summed E-state index contributed by atoms with van der Waals surface area (Å²) in [6.07, 6.45) is 0. The molecule has 0 aromatic heterocycles. The van der Waals surface area contributed by atoms with E-state index in [-0.39, 0.29) is 85.9 Å². The Kier molecular flexibility index (Phi) is 96.0. The molecule has 17 heteroatoms. The molecule has 0 heterocycles. The Morgan fingerprint density at radius 3 is 0.471 bits per heavy atom. The first-order valence-electron chi connectivity index (χ1n) is 1.57. The Labute approximate surface area is 139 Å². The van der Waals surface area contributed by atoms with E-state index in [1.807, 2.05) is 0 Å². The number of rotatable bonds is 0. The predicted octanol–water partition coefficient (Wildman–Crippen LogP) is -3.74. The van der Waals surface area contributed by atoms with Gasteiger partial charge in [0.25, 0.3) is 0 Å². The molecule has 88 valence electrons. The van der Waals surface area contributed by atoms with Crippen LogP contribution in [0.2, 0.25) is 0 Å². The van der Waals surface area contributed by atoms with Gasteiger partial charge in [0.1, 0.15) is 0 Å². The van der Waals surface area contributed by atoms with Gasteiger partial charge in [0.05, 0.1) is 0 Å². The van der Waals surface area contributed by atoms with Crippen molar-refractivity contribution in [2.45, 2.75) is 0 Å². The summed E-state index contributed by atoms with van der Waals surface area (Å²) in [4.78, 5) is 43.1. The molecule has 11 nitrogen and oxygen atoms in total. The van der Waals surface area contributed by atoms with Crippen molar-refractivity contribution in [2.24, 2.45) is 0 Å². The average molecular weight is 352 g/mol. The van der Waals surface area contributed by atoms with Gasteiger partial charge in [0.15, 0.2) is 0 Å². The molecule has 0 aliphatic rings. The first-order chi connectivity index (χ1) is 4.00. The minimum Gasteiger partial charge on any atom is -2.00 e. The van der Waals surface area contributed by atoms with Crippen LogP contribution >= 0.6 is 15.6 Å². The monoisotopic (exact) mass is 352 g/mol. The van der Waals surface area contributed by atoms with Gasteiger partial charge in [-0.05, 0) is 0 Å². The molecule has 17 heavy (non-hydrogen) atoms. The topological polar surface area (TPSA) is 241 Å². The van der Waals surface area contributed by atoms with Crippen molar-refractivity contribution in [1.29, 1.82) is 0 Å². The molecule has 0 aromatic rings. The Bertz CT molecular complexity index is 134. The largest absolute Gasteiger partial charge is 3.00 e. The summed E-state index contributed by atoms with van der Waals surface area (Å²) < 4.78 is 17.8. The number of hydrogen-bond acceptors (Lipinski definition) is 2. The Balaban J connectivity index is -0.00000000762. The van der Waals surface area contributed by atoms with E-state index < -0.39 is 15.6 Å². The van der Waals surface area contributed by atoms with E-state index >= 15 is 0 Å². The Morgan fingerprint density at radius 1 is 0.471 bits per heavy atom. The zero-order valence-corrected chi connectivity index (χ0v) is 14.3. The molecule has 0 radical (unpaired) electrons. The van der Waals surface area contributed by atoms with Gasteiger partial charge < -0.3 is 45.8 Å². The number of phosphoric acid groups is 2. The van der Waals surface area contributed by atoms with E-state index in [2.05, 4.69) is 0 Å². The molecule has 0 rings (SSSR count). The summed E-state index contributed by atoms with van der Waals surface area (Å²) in [7, 11) is -9.28. The van der Waals surface area contributed by atoms with E-state index in [1.54, 1.807) is 0 Å². The van der Waals surface area contributed by atoms with Gasteiger partial charge >= 0.3 is 85.1 Å². The second-order valence-corrected chi connectivity index (χ2v) is 3.08. The van der Waals surface area contributed by atoms with Crippen LogP contribution in [0.15, 0.2) is 0 Å². The van der Waals surface area contributed by atoms with Crippen LogP contribution in [0, 0.1) is 0 Å². The zero-order chi connectivity index (χ0) is 9.00. The molecule has 0 amide bonds. The van der Waals surface area contributed by atoms with Crippen LogP contribution in [-0.4, -0.2) is 98.8 Å². The van der Waals surface area contributed by atoms with E-state index in [9.17, 15) is 0 Å². The van der Waals surface area contributed by atoms with E-state index in [4.69, 9.17) is 38.5 Å². The SMILES string of the molecule is O=P(O)(O)O.O=P(O)(O)O.[Al+3].[Al+3].[Al+3].[Al+3].[O-2].[O-2].[O-2]. The van der Waals surface area contributed by atoms with Gasteiger partial charge in [0.2, 0.25) is 0 Å². The molecule has 0 aliphatic heterocycles. The first kappa shape index (κ1) is 61.1. The summed E-state index contributed by atoms with van der Waals surface area (Å²) in [5, 5.41) is 0. The van der Waals surface area contributed by atoms with Gasteiger partial charge in [-0.3, -0.25) is 0 Å². The second kappa shape index (κ2) is 26.7. The van der Waals surface area contributed by atoms with Gasteiger partial charge in [-0.2, -0.15) is 0 Å². The number of hydrogen-bond donors (Lipinski definition) is 6. The summed E-state index contributed by atoms with van der Waals surface area (Å²) in [6.45, 7) is 0. The van der Waals surface area contributed by atoms with Crippen LogP contribution < -0.4 is 0 Å². The summed E-state index contributed by atoms with van der Waals surface area (Å²) in [6, 6.07) is 0. The van der Waals surface area contributed by atoms with Crippen molar-refractivity contribution >= 4 is 85.1 Å². The Hall–Kier alpha value is 2.23. The van der Waals surface area contributed by atoms with Crippen LogP contribution in [0.5, 0.6) is 0 Å². The van der Waals surface area contributed by atoms with Crippen LogP contribution in [0.1, 0.15) is 0 Å². The molecular formula is H6Al4O11P2+6. The van der Waals surface area contributed by atoms with Gasteiger partial charge in [-0.1, -0.05) is 0 Å². The van der Waals surface area contributed by atoms with Crippen molar-refractivity contribution in [3.05, 3.63) is 0 Å².